The van der Waals surface area contributed by atoms with Crippen LogP contribution < -0.4 is 5.32 Å². The Morgan fingerprint density at radius 3 is 2.90 bits per heavy atom. The Balaban J connectivity index is 1.73. The van der Waals surface area contributed by atoms with Crippen LogP contribution in [0.5, 0.6) is 0 Å². The van der Waals surface area contributed by atoms with Gasteiger partial charge in [-0.2, -0.15) is 0 Å². The van der Waals surface area contributed by atoms with E-state index < -0.39 is 6.10 Å². The molecule has 106 valence electrons. The standard InChI is InChI=1S/C15H16FNO3/c16-12-4-1-3-11(9-12)6-7-15(19)17-10-13(18)14-5-2-8-20-14/h1-5,8-9,13,18H,6-7,10H2,(H,17,19). The number of hydrogen-bond acceptors (Lipinski definition) is 3. The van der Waals surface area contributed by atoms with Gasteiger partial charge in [-0.3, -0.25) is 4.79 Å². The van der Waals surface area contributed by atoms with Crippen LogP contribution in [0.1, 0.15) is 23.8 Å². The van der Waals surface area contributed by atoms with Gasteiger partial charge in [-0.1, -0.05) is 12.1 Å². The number of aliphatic hydroxyl groups excluding tert-OH is 1. The maximum absolute atomic E-state index is 13.0. The highest BCUT2D eigenvalue weighted by Crippen LogP contribution is 2.11. The van der Waals surface area contributed by atoms with Crippen molar-refractivity contribution in [2.75, 3.05) is 6.54 Å². The molecular weight excluding hydrogens is 261 g/mol. The van der Waals surface area contributed by atoms with E-state index >= 15 is 0 Å². The summed E-state index contributed by atoms with van der Waals surface area (Å²) in [6, 6.07) is 9.47. The van der Waals surface area contributed by atoms with Gasteiger partial charge >= 0.3 is 0 Å². The molecule has 0 spiro atoms. The van der Waals surface area contributed by atoms with Gasteiger partial charge in [0.05, 0.1) is 12.8 Å². The minimum Gasteiger partial charge on any atom is -0.467 e. The maximum atomic E-state index is 13.0. The molecule has 0 saturated heterocycles. The van der Waals surface area contributed by atoms with Gasteiger partial charge in [-0.15, -0.1) is 0 Å². The summed E-state index contributed by atoms with van der Waals surface area (Å²) in [4.78, 5) is 11.6. The molecule has 2 rings (SSSR count). The van der Waals surface area contributed by atoms with Crippen LogP contribution >= 0.6 is 0 Å². The fourth-order valence-electron chi connectivity index (χ4n) is 1.83. The number of hydrogen-bond donors (Lipinski definition) is 2. The van der Waals surface area contributed by atoms with E-state index in [0.717, 1.165) is 5.56 Å². The molecule has 1 amide bonds. The molecule has 4 nitrogen and oxygen atoms in total. The molecule has 1 unspecified atom stereocenters. The van der Waals surface area contributed by atoms with E-state index in [2.05, 4.69) is 5.32 Å². The first kappa shape index (κ1) is 14.3. The molecule has 0 bridgehead atoms. The number of aryl methyl sites for hydroxylation is 1. The Kier molecular flexibility index (Phi) is 4.90. The molecule has 0 fully saturated rings. The molecule has 0 saturated carbocycles. The van der Waals surface area contributed by atoms with Crippen molar-refractivity contribution in [1.82, 2.24) is 5.32 Å². The second-order valence-electron chi connectivity index (χ2n) is 4.47. The van der Waals surface area contributed by atoms with Crippen molar-refractivity contribution in [1.29, 1.82) is 0 Å². The molecule has 20 heavy (non-hydrogen) atoms. The Morgan fingerprint density at radius 2 is 2.20 bits per heavy atom. The zero-order chi connectivity index (χ0) is 14.4. The van der Waals surface area contributed by atoms with E-state index in [1.807, 2.05) is 0 Å². The maximum Gasteiger partial charge on any atom is 0.220 e. The minimum absolute atomic E-state index is 0.0928. The molecule has 1 aromatic heterocycles. The third kappa shape index (κ3) is 4.20. The average molecular weight is 277 g/mol. The van der Waals surface area contributed by atoms with Crippen molar-refractivity contribution in [3.05, 3.63) is 59.8 Å². The van der Waals surface area contributed by atoms with Gasteiger partial charge in [0, 0.05) is 6.42 Å². The summed E-state index contributed by atoms with van der Waals surface area (Å²) in [5.41, 5.74) is 0.770. The highest BCUT2D eigenvalue weighted by atomic mass is 19.1. The molecule has 1 heterocycles. The Bertz CT molecular complexity index is 554. The number of rotatable bonds is 6. The van der Waals surface area contributed by atoms with Crippen molar-refractivity contribution in [3.8, 4) is 0 Å². The summed E-state index contributed by atoms with van der Waals surface area (Å²) >= 11 is 0. The van der Waals surface area contributed by atoms with Gasteiger partial charge in [0.15, 0.2) is 0 Å². The smallest absolute Gasteiger partial charge is 0.220 e. The number of amides is 1. The molecule has 5 heteroatoms. The van der Waals surface area contributed by atoms with Gasteiger partial charge in [-0.05, 0) is 36.2 Å². The molecule has 0 radical (unpaired) electrons. The number of benzene rings is 1. The second kappa shape index (κ2) is 6.86. The first-order chi connectivity index (χ1) is 9.65. The normalized spacial score (nSPS) is 12.1. The van der Waals surface area contributed by atoms with E-state index in [1.54, 1.807) is 24.3 Å². The Morgan fingerprint density at radius 1 is 1.35 bits per heavy atom. The molecule has 1 aromatic carbocycles. The number of halogens is 1. The van der Waals surface area contributed by atoms with Crippen LogP contribution in [0.2, 0.25) is 0 Å². The van der Waals surface area contributed by atoms with Crippen LogP contribution in [0.4, 0.5) is 4.39 Å². The number of carbonyl (C=O) groups is 1. The predicted octanol–water partition coefficient (Wildman–Crippen LogP) is 2.20. The molecule has 0 aliphatic rings. The van der Waals surface area contributed by atoms with Gasteiger partial charge in [0.1, 0.15) is 17.7 Å². The third-order valence-corrected chi connectivity index (χ3v) is 2.89. The van der Waals surface area contributed by atoms with Crippen molar-refractivity contribution in [2.24, 2.45) is 0 Å². The largest absolute Gasteiger partial charge is 0.467 e. The zero-order valence-electron chi connectivity index (χ0n) is 10.9. The summed E-state index contributed by atoms with van der Waals surface area (Å²) < 4.78 is 18.0. The van der Waals surface area contributed by atoms with Crippen LogP contribution in [0.3, 0.4) is 0 Å². The van der Waals surface area contributed by atoms with Crippen LogP contribution in [0, 0.1) is 5.82 Å². The van der Waals surface area contributed by atoms with Crippen molar-refractivity contribution >= 4 is 5.91 Å². The Hall–Kier alpha value is -2.14. The second-order valence-corrected chi connectivity index (χ2v) is 4.47. The summed E-state index contributed by atoms with van der Waals surface area (Å²) in [5, 5.41) is 12.3. The van der Waals surface area contributed by atoms with Crippen LogP contribution in [0.15, 0.2) is 47.1 Å². The van der Waals surface area contributed by atoms with Crippen LogP contribution in [0.25, 0.3) is 0 Å². The van der Waals surface area contributed by atoms with E-state index in [9.17, 15) is 14.3 Å². The van der Waals surface area contributed by atoms with Crippen LogP contribution in [-0.2, 0) is 11.2 Å². The predicted molar refractivity (Wildman–Crippen MR) is 71.4 cm³/mol. The van der Waals surface area contributed by atoms with Crippen LogP contribution in [-0.4, -0.2) is 17.6 Å². The minimum atomic E-state index is -0.858. The number of aliphatic hydroxyl groups is 1. The fraction of sp³-hybridized carbons (Fsp3) is 0.267. The first-order valence-corrected chi connectivity index (χ1v) is 6.38. The third-order valence-electron chi connectivity index (χ3n) is 2.89. The Labute approximate surface area is 116 Å². The number of furan rings is 1. The number of carbonyl (C=O) groups excluding carboxylic acids is 1. The lowest BCUT2D eigenvalue weighted by molar-refractivity contribution is -0.121. The van der Waals surface area contributed by atoms with Gasteiger partial charge in [0.2, 0.25) is 5.91 Å². The van der Waals surface area contributed by atoms with Crippen molar-refractivity contribution in [2.45, 2.75) is 18.9 Å². The molecule has 2 aromatic rings. The molecular formula is C15H16FNO3. The van der Waals surface area contributed by atoms with E-state index in [0.29, 0.717) is 12.2 Å². The zero-order valence-corrected chi connectivity index (χ0v) is 10.9. The lowest BCUT2D eigenvalue weighted by atomic mass is 10.1. The molecule has 0 aliphatic heterocycles. The average Bonchev–Trinajstić information content (AvgIpc) is 2.97. The summed E-state index contributed by atoms with van der Waals surface area (Å²) in [6.07, 6.45) is 1.31. The monoisotopic (exact) mass is 277 g/mol. The highest BCUT2D eigenvalue weighted by Gasteiger charge is 2.11. The lowest BCUT2D eigenvalue weighted by Crippen LogP contribution is -2.28. The topological polar surface area (TPSA) is 62.5 Å². The molecule has 1 atom stereocenters. The SMILES string of the molecule is O=C(CCc1cccc(F)c1)NCC(O)c1ccco1. The highest BCUT2D eigenvalue weighted by molar-refractivity contribution is 5.76. The van der Waals surface area contributed by atoms with Gasteiger partial charge in [-0.25, -0.2) is 4.39 Å². The molecule has 0 aliphatic carbocycles. The quantitative estimate of drug-likeness (QED) is 0.851. The summed E-state index contributed by atoms with van der Waals surface area (Å²) in [5.74, 6) is -0.0913. The first-order valence-electron chi connectivity index (χ1n) is 6.38. The van der Waals surface area contributed by atoms with Gasteiger partial charge in [0.25, 0.3) is 0 Å². The van der Waals surface area contributed by atoms with E-state index in [-0.39, 0.29) is 24.7 Å². The van der Waals surface area contributed by atoms with Crippen molar-refractivity contribution in [3.63, 3.8) is 0 Å². The summed E-state index contributed by atoms with van der Waals surface area (Å²) in [6.45, 7) is 0.0928. The van der Waals surface area contributed by atoms with E-state index in [4.69, 9.17) is 4.42 Å². The molecule has 2 N–H and O–H groups in total. The fourth-order valence-corrected chi connectivity index (χ4v) is 1.83. The van der Waals surface area contributed by atoms with E-state index in [1.165, 1.54) is 18.4 Å². The van der Waals surface area contributed by atoms with Gasteiger partial charge < -0.3 is 14.8 Å². The van der Waals surface area contributed by atoms with Crippen molar-refractivity contribution < 1.29 is 18.7 Å². The number of nitrogens with one attached hydrogen (secondary N) is 1. The lowest BCUT2D eigenvalue weighted by Gasteiger charge is -2.09. The summed E-state index contributed by atoms with van der Waals surface area (Å²) in [7, 11) is 0.